The second kappa shape index (κ2) is 3.41. The summed E-state index contributed by atoms with van der Waals surface area (Å²) >= 11 is 0. The molecule has 0 atom stereocenters. The second-order valence-corrected chi connectivity index (χ2v) is 2.85. The lowest BCUT2D eigenvalue weighted by molar-refractivity contribution is 0.980. The van der Waals surface area contributed by atoms with E-state index < -0.39 is 0 Å². The van der Waals surface area contributed by atoms with Crippen LogP contribution in [-0.4, -0.2) is 0 Å². The van der Waals surface area contributed by atoms with E-state index >= 15 is 0 Å². The molecule has 54 valence electrons. The Labute approximate surface area is 62.4 Å². The van der Waals surface area contributed by atoms with Crippen molar-refractivity contribution in [2.24, 2.45) is 5.92 Å². The Bertz CT molecular complexity index is 170. The van der Waals surface area contributed by atoms with Crippen LogP contribution >= 0.6 is 0 Å². The van der Waals surface area contributed by atoms with Crippen molar-refractivity contribution >= 4 is 0 Å². The van der Waals surface area contributed by atoms with Crippen LogP contribution in [0.1, 0.15) is 32.6 Å². The number of hydrogen-bond acceptors (Lipinski definition) is 1. The Hall–Kier alpha value is -0.770. The maximum absolute atomic E-state index is 8.41. The molecule has 10 heavy (non-hydrogen) atoms. The molecule has 1 rings (SSSR count). The van der Waals surface area contributed by atoms with Crippen molar-refractivity contribution < 1.29 is 0 Å². The van der Waals surface area contributed by atoms with Gasteiger partial charge in [0.25, 0.3) is 0 Å². The van der Waals surface area contributed by atoms with Crippen LogP contribution in [0.5, 0.6) is 0 Å². The van der Waals surface area contributed by atoms with Gasteiger partial charge in [0.05, 0.1) is 12.5 Å². The number of nitriles is 1. The molecule has 0 unspecified atom stereocenters. The molecule has 0 aromatic heterocycles. The van der Waals surface area contributed by atoms with Gasteiger partial charge in [-0.2, -0.15) is 5.26 Å². The molecule has 0 spiro atoms. The van der Waals surface area contributed by atoms with Gasteiger partial charge in [0.1, 0.15) is 0 Å². The highest BCUT2D eigenvalue weighted by atomic mass is 14.3. The largest absolute Gasteiger partial charge is 0.198 e. The molecular weight excluding hydrogens is 122 g/mol. The number of hydrogen-bond donors (Lipinski definition) is 0. The Kier molecular flexibility index (Phi) is 2.50. The van der Waals surface area contributed by atoms with Crippen molar-refractivity contribution in [1.29, 1.82) is 5.26 Å². The molecule has 0 aliphatic heterocycles. The fourth-order valence-electron chi connectivity index (χ4n) is 1.000. The van der Waals surface area contributed by atoms with Crippen molar-refractivity contribution in [2.75, 3.05) is 0 Å². The first-order valence-electron chi connectivity index (χ1n) is 3.93. The van der Waals surface area contributed by atoms with Crippen molar-refractivity contribution in [2.45, 2.75) is 32.6 Å². The summed E-state index contributed by atoms with van der Waals surface area (Å²) in [5, 5.41) is 8.41. The zero-order valence-corrected chi connectivity index (χ0v) is 6.43. The van der Waals surface area contributed by atoms with Crippen molar-refractivity contribution in [3.05, 3.63) is 11.6 Å². The van der Waals surface area contributed by atoms with Crippen molar-refractivity contribution in [3.63, 3.8) is 0 Å². The maximum Gasteiger partial charge on any atom is 0.0666 e. The summed E-state index contributed by atoms with van der Waals surface area (Å²) < 4.78 is 0. The lowest BCUT2D eigenvalue weighted by Gasteiger charge is -1.95. The molecule has 0 amide bonds. The third kappa shape index (κ3) is 2.23. The summed E-state index contributed by atoms with van der Waals surface area (Å²) in [5.74, 6) is 0.822. The van der Waals surface area contributed by atoms with Gasteiger partial charge in [-0.15, -0.1) is 0 Å². The Balaban J connectivity index is 2.38. The van der Waals surface area contributed by atoms with E-state index in [0.717, 1.165) is 12.3 Å². The van der Waals surface area contributed by atoms with Gasteiger partial charge in [-0.25, -0.2) is 0 Å². The van der Waals surface area contributed by atoms with Gasteiger partial charge >= 0.3 is 0 Å². The molecule has 1 saturated carbocycles. The highest BCUT2D eigenvalue weighted by Gasteiger charge is 2.18. The third-order valence-electron chi connectivity index (χ3n) is 1.85. The zero-order valence-electron chi connectivity index (χ0n) is 6.43. The van der Waals surface area contributed by atoms with Gasteiger partial charge in [-0.1, -0.05) is 18.6 Å². The average Bonchev–Trinajstić information content (AvgIpc) is 2.71. The Morgan fingerprint density at radius 1 is 1.70 bits per heavy atom. The molecule has 1 aliphatic rings. The van der Waals surface area contributed by atoms with Crippen LogP contribution in [-0.2, 0) is 0 Å². The molecule has 1 heteroatoms. The molecule has 0 aromatic rings. The normalized spacial score (nSPS) is 18.6. The predicted molar refractivity (Wildman–Crippen MR) is 41.3 cm³/mol. The first kappa shape index (κ1) is 7.34. The zero-order chi connectivity index (χ0) is 7.40. The van der Waals surface area contributed by atoms with Gasteiger partial charge in [0.2, 0.25) is 0 Å². The summed E-state index contributed by atoms with van der Waals surface area (Å²) in [4.78, 5) is 0. The average molecular weight is 135 g/mol. The van der Waals surface area contributed by atoms with Crippen LogP contribution in [0.4, 0.5) is 0 Å². The van der Waals surface area contributed by atoms with E-state index in [1.165, 1.54) is 18.4 Å². The predicted octanol–water partition coefficient (Wildman–Crippen LogP) is 2.65. The van der Waals surface area contributed by atoms with Gasteiger partial charge < -0.3 is 0 Å². The smallest absolute Gasteiger partial charge is 0.0666 e. The van der Waals surface area contributed by atoms with E-state index in [9.17, 15) is 0 Å². The molecular formula is C9H13N. The monoisotopic (exact) mass is 135 g/mol. The summed E-state index contributed by atoms with van der Waals surface area (Å²) in [6.45, 7) is 2.12. The lowest BCUT2D eigenvalue weighted by atomic mass is 10.1. The van der Waals surface area contributed by atoms with E-state index in [4.69, 9.17) is 5.26 Å². The number of allylic oxidation sites excluding steroid dienone is 2. The van der Waals surface area contributed by atoms with E-state index in [1.807, 2.05) is 0 Å². The van der Waals surface area contributed by atoms with Crippen LogP contribution in [0.25, 0.3) is 0 Å². The SMILES string of the molecule is CC/C(=C/C1CC1)CC#N. The third-order valence-corrected chi connectivity index (χ3v) is 1.85. The summed E-state index contributed by atoms with van der Waals surface area (Å²) in [6.07, 6.45) is 6.64. The van der Waals surface area contributed by atoms with Crippen LogP contribution in [0.15, 0.2) is 11.6 Å². The molecule has 0 N–H and O–H groups in total. The van der Waals surface area contributed by atoms with E-state index in [-0.39, 0.29) is 0 Å². The lowest BCUT2D eigenvalue weighted by Crippen LogP contribution is -1.79. The maximum atomic E-state index is 8.41. The van der Waals surface area contributed by atoms with Gasteiger partial charge in [-0.05, 0) is 25.2 Å². The molecule has 1 fully saturated rings. The Morgan fingerprint density at radius 3 is 2.80 bits per heavy atom. The number of rotatable bonds is 3. The number of nitrogens with zero attached hydrogens (tertiary/aromatic N) is 1. The molecule has 1 aliphatic carbocycles. The molecule has 0 heterocycles. The van der Waals surface area contributed by atoms with E-state index in [0.29, 0.717) is 6.42 Å². The van der Waals surface area contributed by atoms with Gasteiger partial charge in [0.15, 0.2) is 0 Å². The second-order valence-electron chi connectivity index (χ2n) is 2.85. The van der Waals surface area contributed by atoms with Crippen molar-refractivity contribution in [1.82, 2.24) is 0 Å². The van der Waals surface area contributed by atoms with Crippen LogP contribution in [0.2, 0.25) is 0 Å². The highest BCUT2D eigenvalue weighted by molar-refractivity contribution is 5.11. The summed E-state index contributed by atoms with van der Waals surface area (Å²) in [7, 11) is 0. The van der Waals surface area contributed by atoms with Crippen LogP contribution in [0, 0.1) is 17.2 Å². The molecule has 0 aromatic carbocycles. The first-order valence-corrected chi connectivity index (χ1v) is 3.93. The summed E-state index contributed by atoms with van der Waals surface area (Å²) in [6, 6.07) is 2.18. The minimum atomic E-state index is 0.632. The molecule has 0 radical (unpaired) electrons. The fourth-order valence-corrected chi connectivity index (χ4v) is 1.000. The van der Waals surface area contributed by atoms with Crippen LogP contribution < -0.4 is 0 Å². The minimum absolute atomic E-state index is 0.632. The summed E-state index contributed by atoms with van der Waals surface area (Å²) in [5.41, 5.74) is 1.32. The molecule has 1 nitrogen and oxygen atoms in total. The quantitative estimate of drug-likeness (QED) is 0.546. The van der Waals surface area contributed by atoms with Gasteiger partial charge in [0, 0.05) is 0 Å². The standard InChI is InChI=1S/C9H13N/c1-2-8(5-6-10)7-9-3-4-9/h7,9H,2-5H2,1H3/b8-7-. The van der Waals surface area contributed by atoms with E-state index in [1.54, 1.807) is 0 Å². The van der Waals surface area contributed by atoms with Gasteiger partial charge in [-0.3, -0.25) is 0 Å². The minimum Gasteiger partial charge on any atom is -0.198 e. The molecule has 0 saturated heterocycles. The van der Waals surface area contributed by atoms with Crippen molar-refractivity contribution in [3.8, 4) is 6.07 Å². The molecule has 0 bridgehead atoms. The fraction of sp³-hybridized carbons (Fsp3) is 0.667. The van der Waals surface area contributed by atoms with E-state index in [2.05, 4.69) is 19.1 Å². The first-order chi connectivity index (χ1) is 4.86. The van der Waals surface area contributed by atoms with Crippen LogP contribution in [0.3, 0.4) is 0 Å². The Morgan fingerprint density at radius 2 is 2.40 bits per heavy atom. The highest BCUT2D eigenvalue weighted by Crippen LogP contribution is 2.32. The topological polar surface area (TPSA) is 23.8 Å².